The second kappa shape index (κ2) is 5.31. The van der Waals surface area contributed by atoms with Crippen LogP contribution in [-0.4, -0.2) is 34.2 Å². The molecule has 0 spiro atoms. The minimum absolute atomic E-state index is 0.273. The Labute approximate surface area is 132 Å². The highest BCUT2D eigenvalue weighted by atomic mass is 16.5. The van der Waals surface area contributed by atoms with Crippen molar-refractivity contribution in [3.63, 3.8) is 0 Å². The van der Waals surface area contributed by atoms with E-state index in [0.717, 1.165) is 23.1 Å². The van der Waals surface area contributed by atoms with E-state index in [-0.39, 0.29) is 5.56 Å². The Morgan fingerprint density at radius 3 is 3.00 bits per heavy atom. The van der Waals surface area contributed by atoms with E-state index in [1.54, 1.807) is 12.1 Å². The first-order valence-electron chi connectivity index (χ1n) is 7.45. The summed E-state index contributed by atoms with van der Waals surface area (Å²) in [5.41, 5.74) is 2.48. The van der Waals surface area contributed by atoms with Gasteiger partial charge in [-0.1, -0.05) is 12.1 Å². The van der Waals surface area contributed by atoms with Gasteiger partial charge >= 0.3 is 5.97 Å². The topological polar surface area (TPSA) is 78.4 Å². The minimum Gasteiger partial charge on any atom is -0.478 e. The van der Waals surface area contributed by atoms with Gasteiger partial charge in [-0.15, -0.1) is 0 Å². The van der Waals surface area contributed by atoms with Gasteiger partial charge in [0.25, 0.3) is 0 Å². The summed E-state index contributed by atoms with van der Waals surface area (Å²) in [4.78, 5) is 21.1. The van der Waals surface area contributed by atoms with Crippen molar-refractivity contribution in [1.82, 2.24) is 9.97 Å². The molecule has 3 heterocycles. The van der Waals surface area contributed by atoms with E-state index in [4.69, 9.17) is 4.74 Å². The van der Waals surface area contributed by atoms with Crippen LogP contribution in [0.2, 0.25) is 0 Å². The maximum Gasteiger partial charge on any atom is 0.337 e. The number of anilines is 2. The standard InChI is InChI=1S/C17H15N3O3/c21-17(22)12-4-1-2-5-13(12)20-8-3-9-23-16-14(20)10-11-6-7-18-15(11)19-16/h1-2,4-7,10H,3,8-9H2,(H,18,19)(H,21,22). The van der Waals surface area contributed by atoms with Gasteiger partial charge in [-0.3, -0.25) is 0 Å². The van der Waals surface area contributed by atoms with Crippen LogP contribution in [0.3, 0.4) is 0 Å². The van der Waals surface area contributed by atoms with E-state index in [9.17, 15) is 9.90 Å². The summed E-state index contributed by atoms with van der Waals surface area (Å²) >= 11 is 0. The number of carboxylic acids is 1. The molecule has 23 heavy (non-hydrogen) atoms. The van der Waals surface area contributed by atoms with Gasteiger partial charge in [-0.05, 0) is 30.7 Å². The molecule has 0 amide bonds. The van der Waals surface area contributed by atoms with E-state index in [1.165, 1.54) is 0 Å². The van der Waals surface area contributed by atoms with E-state index < -0.39 is 5.97 Å². The summed E-state index contributed by atoms with van der Waals surface area (Å²) in [7, 11) is 0. The van der Waals surface area contributed by atoms with Crippen molar-refractivity contribution in [1.29, 1.82) is 0 Å². The Balaban J connectivity index is 1.92. The summed E-state index contributed by atoms with van der Waals surface area (Å²) in [6.45, 7) is 1.23. The van der Waals surface area contributed by atoms with Crippen LogP contribution in [0.4, 0.5) is 11.4 Å². The van der Waals surface area contributed by atoms with E-state index >= 15 is 0 Å². The lowest BCUT2D eigenvalue weighted by Crippen LogP contribution is -2.20. The number of hydrogen-bond donors (Lipinski definition) is 2. The predicted octanol–water partition coefficient (Wildman–Crippen LogP) is 3.18. The van der Waals surface area contributed by atoms with Crippen molar-refractivity contribution in [2.24, 2.45) is 0 Å². The zero-order chi connectivity index (χ0) is 15.8. The highest BCUT2D eigenvalue weighted by Gasteiger charge is 2.23. The van der Waals surface area contributed by atoms with Gasteiger partial charge in [0, 0.05) is 18.1 Å². The second-order valence-electron chi connectivity index (χ2n) is 5.40. The lowest BCUT2D eigenvalue weighted by molar-refractivity contribution is 0.0697. The van der Waals surface area contributed by atoms with Gasteiger partial charge < -0.3 is 19.7 Å². The van der Waals surface area contributed by atoms with Crippen molar-refractivity contribution in [3.05, 3.63) is 48.2 Å². The monoisotopic (exact) mass is 309 g/mol. The zero-order valence-electron chi connectivity index (χ0n) is 12.3. The van der Waals surface area contributed by atoms with E-state index in [0.29, 0.717) is 24.7 Å². The number of ether oxygens (including phenoxy) is 1. The number of nitrogens with zero attached hydrogens (tertiary/aromatic N) is 2. The number of rotatable bonds is 2. The molecule has 1 aromatic carbocycles. The molecule has 1 aliphatic heterocycles. The summed E-state index contributed by atoms with van der Waals surface area (Å²) in [6, 6.07) is 10.9. The van der Waals surface area contributed by atoms with Gasteiger partial charge in [0.2, 0.25) is 5.88 Å². The van der Waals surface area contributed by atoms with Crippen molar-refractivity contribution >= 4 is 28.4 Å². The molecule has 116 valence electrons. The number of fused-ring (bicyclic) bond motifs is 2. The molecule has 6 nitrogen and oxygen atoms in total. The average molecular weight is 309 g/mol. The maximum absolute atomic E-state index is 11.6. The number of H-pyrrole nitrogens is 1. The fourth-order valence-electron chi connectivity index (χ4n) is 2.91. The van der Waals surface area contributed by atoms with Crippen LogP contribution in [0.25, 0.3) is 11.0 Å². The van der Waals surface area contributed by atoms with Crippen LogP contribution in [-0.2, 0) is 0 Å². The fourth-order valence-corrected chi connectivity index (χ4v) is 2.91. The van der Waals surface area contributed by atoms with Gasteiger partial charge in [0.15, 0.2) is 0 Å². The molecule has 6 heteroatoms. The molecule has 4 rings (SSSR count). The van der Waals surface area contributed by atoms with Gasteiger partial charge in [-0.25, -0.2) is 4.79 Å². The van der Waals surface area contributed by atoms with Gasteiger partial charge in [0.05, 0.1) is 17.9 Å². The average Bonchev–Trinajstić information content (AvgIpc) is 2.91. The first-order valence-corrected chi connectivity index (χ1v) is 7.45. The number of carboxylic acid groups (broad SMARTS) is 1. The smallest absolute Gasteiger partial charge is 0.337 e. The Kier molecular flexibility index (Phi) is 3.15. The largest absolute Gasteiger partial charge is 0.478 e. The number of para-hydroxylation sites is 1. The molecule has 0 saturated carbocycles. The Bertz CT molecular complexity index is 888. The second-order valence-corrected chi connectivity index (χ2v) is 5.40. The van der Waals surface area contributed by atoms with Crippen molar-refractivity contribution in [2.75, 3.05) is 18.1 Å². The summed E-state index contributed by atoms with van der Waals surface area (Å²) in [6.07, 6.45) is 2.62. The number of pyridine rings is 1. The molecule has 0 fully saturated rings. The van der Waals surface area contributed by atoms with Crippen LogP contribution in [0, 0.1) is 0 Å². The molecule has 0 atom stereocenters. The summed E-state index contributed by atoms with van der Waals surface area (Å²) in [5, 5.41) is 10.4. The number of aromatic amines is 1. The third-order valence-corrected chi connectivity index (χ3v) is 3.96. The Hall–Kier alpha value is -3.02. The third kappa shape index (κ3) is 2.28. The lowest BCUT2D eigenvalue weighted by Gasteiger charge is -2.25. The number of nitrogens with one attached hydrogen (secondary N) is 1. The lowest BCUT2D eigenvalue weighted by atomic mass is 10.1. The van der Waals surface area contributed by atoms with Gasteiger partial charge in [-0.2, -0.15) is 4.98 Å². The van der Waals surface area contributed by atoms with Crippen LogP contribution in [0.1, 0.15) is 16.8 Å². The molecular formula is C17H15N3O3. The number of benzene rings is 1. The van der Waals surface area contributed by atoms with Crippen LogP contribution < -0.4 is 9.64 Å². The molecule has 2 aromatic heterocycles. The van der Waals surface area contributed by atoms with Crippen molar-refractivity contribution in [3.8, 4) is 5.88 Å². The third-order valence-electron chi connectivity index (χ3n) is 3.96. The Morgan fingerprint density at radius 2 is 2.13 bits per heavy atom. The first-order chi connectivity index (χ1) is 11.2. The SMILES string of the molecule is O=C(O)c1ccccc1N1CCCOc2nc3[nH]ccc3cc21. The highest BCUT2D eigenvalue weighted by molar-refractivity contribution is 5.96. The van der Waals surface area contributed by atoms with Crippen LogP contribution in [0.15, 0.2) is 42.6 Å². The maximum atomic E-state index is 11.6. The first kappa shape index (κ1) is 13.6. The molecule has 0 aliphatic carbocycles. The number of hydrogen-bond acceptors (Lipinski definition) is 4. The van der Waals surface area contributed by atoms with Crippen LogP contribution >= 0.6 is 0 Å². The highest BCUT2D eigenvalue weighted by Crippen LogP contribution is 2.38. The molecule has 0 bridgehead atoms. The quantitative estimate of drug-likeness (QED) is 0.760. The van der Waals surface area contributed by atoms with Gasteiger partial charge in [0.1, 0.15) is 11.3 Å². The molecule has 2 N–H and O–H groups in total. The summed E-state index contributed by atoms with van der Waals surface area (Å²) in [5.74, 6) is -0.416. The normalized spacial score (nSPS) is 14.2. The molecule has 1 aliphatic rings. The molecular weight excluding hydrogens is 294 g/mol. The van der Waals surface area contributed by atoms with Crippen molar-refractivity contribution < 1.29 is 14.6 Å². The number of aromatic nitrogens is 2. The molecule has 0 saturated heterocycles. The van der Waals surface area contributed by atoms with Crippen LogP contribution in [0.5, 0.6) is 5.88 Å². The molecule has 0 radical (unpaired) electrons. The zero-order valence-corrected chi connectivity index (χ0v) is 12.3. The Morgan fingerprint density at radius 1 is 1.26 bits per heavy atom. The molecule has 0 unspecified atom stereocenters. The van der Waals surface area contributed by atoms with E-state index in [2.05, 4.69) is 9.97 Å². The molecule has 3 aromatic rings. The number of carbonyl (C=O) groups is 1. The predicted molar refractivity (Wildman–Crippen MR) is 86.6 cm³/mol. The minimum atomic E-state index is -0.942. The fraction of sp³-hybridized carbons (Fsp3) is 0.176. The van der Waals surface area contributed by atoms with E-state index in [1.807, 2.05) is 35.4 Å². The summed E-state index contributed by atoms with van der Waals surface area (Å²) < 4.78 is 5.76. The number of aromatic carboxylic acids is 1. The van der Waals surface area contributed by atoms with Crippen molar-refractivity contribution in [2.45, 2.75) is 6.42 Å².